The van der Waals surface area contributed by atoms with Crippen molar-refractivity contribution in [2.45, 2.75) is 11.6 Å². The fourth-order valence-electron chi connectivity index (χ4n) is 4.45. The first-order chi connectivity index (χ1) is 20.0. The zero-order chi connectivity index (χ0) is 28.9. The van der Waals surface area contributed by atoms with Crippen LogP contribution in [0.15, 0.2) is 62.9 Å². The number of thioether (sulfide) groups is 1. The maximum absolute atomic E-state index is 13.9. The van der Waals surface area contributed by atoms with Gasteiger partial charge in [0.05, 0.1) is 53.2 Å². The van der Waals surface area contributed by atoms with E-state index in [9.17, 15) is 4.79 Å². The summed E-state index contributed by atoms with van der Waals surface area (Å²) in [6.07, 6.45) is 0.646. The summed E-state index contributed by atoms with van der Waals surface area (Å²) in [5, 5.41) is 1.07. The smallest absolute Gasteiger partial charge is 0.239 e. The highest BCUT2D eigenvalue weighted by Crippen LogP contribution is 2.44. The number of aromatic amines is 1. The van der Waals surface area contributed by atoms with Crippen molar-refractivity contribution in [1.82, 2.24) is 9.97 Å². The summed E-state index contributed by atoms with van der Waals surface area (Å²) in [5.41, 5.74) is 2.32. The Morgan fingerprint density at radius 1 is 0.854 bits per heavy atom. The summed E-state index contributed by atoms with van der Waals surface area (Å²) in [6, 6.07) is 14.5. The van der Waals surface area contributed by atoms with Crippen LogP contribution in [-0.2, 0) is 0 Å². The third kappa shape index (κ3) is 5.58. The number of hydrogen-bond donors (Lipinski definition) is 1. The molecule has 0 radical (unpaired) electrons. The van der Waals surface area contributed by atoms with Crippen molar-refractivity contribution in [3.05, 3.63) is 58.8 Å². The quantitative estimate of drug-likeness (QED) is 0.141. The van der Waals surface area contributed by atoms with Crippen LogP contribution in [0.3, 0.4) is 0 Å². The van der Waals surface area contributed by atoms with Crippen molar-refractivity contribution in [2.75, 3.05) is 47.9 Å². The third-order valence-corrected chi connectivity index (χ3v) is 7.37. The summed E-state index contributed by atoms with van der Waals surface area (Å²) in [7, 11) is 7.57. The van der Waals surface area contributed by atoms with Crippen LogP contribution < -0.4 is 33.8 Å². The van der Waals surface area contributed by atoms with E-state index in [2.05, 4.69) is 9.97 Å². The van der Waals surface area contributed by atoms with Crippen LogP contribution in [0.4, 0.5) is 0 Å². The average Bonchev–Trinajstić information content (AvgIpc) is 3.43. The van der Waals surface area contributed by atoms with Gasteiger partial charge >= 0.3 is 0 Å². The molecule has 1 N–H and O–H groups in total. The number of rotatable bonds is 12. The highest BCUT2D eigenvalue weighted by molar-refractivity contribution is 7.99. The number of methoxy groups -OCH3 is 5. The molecule has 214 valence electrons. The molecule has 2 heterocycles. The highest BCUT2D eigenvalue weighted by atomic mass is 32.2. The molecule has 11 heteroatoms. The second-order valence-corrected chi connectivity index (χ2v) is 9.90. The van der Waals surface area contributed by atoms with Gasteiger partial charge in [0, 0.05) is 23.4 Å². The van der Waals surface area contributed by atoms with E-state index in [1.165, 1.54) is 35.5 Å². The van der Waals surface area contributed by atoms with E-state index in [4.69, 9.17) is 32.8 Å². The molecule has 0 spiro atoms. The summed E-state index contributed by atoms with van der Waals surface area (Å²) in [5.74, 6) is 2.99. The fraction of sp³-hybridized carbons (Fsp3) is 0.267. The van der Waals surface area contributed by atoms with Gasteiger partial charge in [0.15, 0.2) is 22.4 Å². The molecule has 0 atom stereocenters. The van der Waals surface area contributed by atoms with Gasteiger partial charge in [0.1, 0.15) is 22.5 Å². The number of nitrogens with one attached hydrogen (secondary N) is 1. The Bertz CT molecular complexity index is 1690. The second kappa shape index (κ2) is 12.3. The first-order valence-corrected chi connectivity index (χ1v) is 13.7. The lowest BCUT2D eigenvalue weighted by Gasteiger charge is -2.17. The molecule has 0 saturated carbocycles. The number of nitrogens with zero attached hydrogens (tertiary/aromatic N) is 1. The van der Waals surface area contributed by atoms with Crippen molar-refractivity contribution in [3.63, 3.8) is 0 Å². The molecule has 10 nitrogen and oxygen atoms in total. The zero-order valence-corrected chi connectivity index (χ0v) is 24.2. The van der Waals surface area contributed by atoms with Gasteiger partial charge in [-0.1, -0.05) is 23.9 Å². The second-order valence-electron chi connectivity index (χ2n) is 8.82. The van der Waals surface area contributed by atoms with Gasteiger partial charge in [0.25, 0.3) is 0 Å². The molecule has 0 bridgehead atoms. The van der Waals surface area contributed by atoms with Crippen LogP contribution in [0.5, 0.6) is 34.5 Å². The minimum Gasteiger partial charge on any atom is -0.496 e. The lowest BCUT2D eigenvalue weighted by molar-refractivity contribution is 0.309. The number of H-pyrrole nitrogens is 1. The van der Waals surface area contributed by atoms with Crippen LogP contribution in [0.2, 0.25) is 0 Å². The maximum Gasteiger partial charge on any atom is 0.239 e. The van der Waals surface area contributed by atoms with Crippen LogP contribution >= 0.6 is 11.8 Å². The van der Waals surface area contributed by atoms with Gasteiger partial charge in [-0.05, 0) is 30.7 Å². The highest BCUT2D eigenvalue weighted by Gasteiger charge is 2.24. The van der Waals surface area contributed by atoms with E-state index in [0.717, 1.165) is 21.9 Å². The number of fused-ring (bicyclic) bond motifs is 2. The molecule has 0 fully saturated rings. The van der Waals surface area contributed by atoms with E-state index in [-0.39, 0.29) is 34.5 Å². The summed E-state index contributed by atoms with van der Waals surface area (Å²) in [4.78, 5) is 21.8. The normalized spacial score (nSPS) is 11.0. The lowest BCUT2D eigenvalue weighted by Crippen LogP contribution is -2.12. The SMILES string of the molecule is COc1cc(OC)c2c(=O)c(OCCCSc3nc4ccccc4[nH]3)c(-c3cc(OC)c(OC)c(OC)c3)oc2c1. The van der Waals surface area contributed by atoms with Gasteiger partial charge in [-0.3, -0.25) is 4.79 Å². The van der Waals surface area contributed by atoms with Crippen molar-refractivity contribution in [2.24, 2.45) is 0 Å². The van der Waals surface area contributed by atoms with Crippen molar-refractivity contribution >= 4 is 33.8 Å². The number of ether oxygens (including phenoxy) is 6. The molecule has 0 saturated heterocycles. The number of benzene rings is 3. The summed E-state index contributed by atoms with van der Waals surface area (Å²) in [6.45, 7) is 0.263. The Kier molecular flexibility index (Phi) is 8.44. The minimum absolute atomic E-state index is 0.0453. The van der Waals surface area contributed by atoms with Crippen LogP contribution in [0.1, 0.15) is 6.42 Å². The molecular formula is C30H30N2O8S. The number of hydrogen-bond acceptors (Lipinski definition) is 10. The van der Waals surface area contributed by atoms with Crippen molar-refractivity contribution in [3.8, 4) is 45.8 Å². The molecule has 5 aromatic rings. The maximum atomic E-state index is 13.9. The van der Waals surface area contributed by atoms with Crippen molar-refractivity contribution < 1.29 is 32.8 Å². The molecule has 41 heavy (non-hydrogen) atoms. The van der Waals surface area contributed by atoms with E-state index >= 15 is 0 Å². The summed E-state index contributed by atoms with van der Waals surface area (Å²) < 4.78 is 39.9. The lowest BCUT2D eigenvalue weighted by atomic mass is 10.1. The number of imidazole rings is 1. The van der Waals surface area contributed by atoms with Crippen LogP contribution in [0, 0.1) is 0 Å². The molecule has 0 aliphatic heterocycles. The molecule has 2 aromatic heterocycles. The minimum atomic E-state index is -0.376. The fourth-order valence-corrected chi connectivity index (χ4v) is 5.26. The van der Waals surface area contributed by atoms with Gasteiger partial charge < -0.3 is 37.8 Å². The van der Waals surface area contributed by atoms with E-state index in [1.807, 2.05) is 24.3 Å². The van der Waals surface area contributed by atoms with Gasteiger partial charge in [-0.25, -0.2) is 4.98 Å². The Morgan fingerprint density at radius 2 is 1.59 bits per heavy atom. The number of aromatic nitrogens is 2. The van der Waals surface area contributed by atoms with Crippen LogP contribution in [0.25, 0.3) is 33.3 Å². The van der Waals surface area contributed by atoms with Crippen molar-refractivity contribution in [1.29, 1.82) is 0 Å². The molecule has 0 unspecified atom stereocenters. The average molecular weight is 579 g/mol. The Balaban J connectivity index is 1.50. The Hall–Kier alpha value is -4.51. The van der Waals surface area contributed by atoms with Gasteiger partial charge in [0.2, 0.25) is 16.9 Å². The molecule has 0 aliphatic rings. The van der Waals surface area contributed by atoms with Gasteiger partial charge in [-0.2, -0.15) is 0 Å². The predicted octanol–water partition coefficient (Wildman–Crippen LogP) is 5.94. The largest absolute Gasteiger partial charge is 0.496 e. The van der Waals surface area contributed by atoms with E-state index in [0.29, 0.717) is 40.7 Å². The van der Waals surface area contributed by atoms with E-state index < -0.39 is 0 Å². The standard InChI is InChI=1S/C30H30N2O8S/c1-34-18-15-21(35-2)25-22(16-18)40-27(17-13-23(36-3)28(38-5)24(14-17)37-4)29(26(25)33)39-11-8-12-41-30-31-19-9-6-7-10-20(19)32-30/h6-7,9-10,13-16H,8,11-12H2,1-5H3,(H,31,32). The number of para-hydroxylation sites is 2. The molecule has 0 amide bonds. The zero-order valence-electron chi connectivity index (χ0n) is 23.4. The summed E-state index contributed by atoms with van der Waals surface area (Å²) >= 11 is 1.58. The molecule has 5 rings (SSSR count). The first-order valence-electron chi connectivity index (χ1n) is 12.7. The first kappa shape index (κ1) is 28.0. The molecule has 0 aliphatic carbocycles. The third-order valence-electron chi connectivity index (χ3n) is 6.42. The predicted molar refractivity (Wildman–Crippen MR) is 158 cm³/mol. The monoisotopic (exact) mass is 578 g/mol. The molecular weight excluding hydrogens is 548 g/mol. The van der Waals surface area contributed by atoms with Gasteiger partial charge in [-0.15, -0.1) is 0 Å². The Morgan fingerprint density at radius 3 is 2.24 bits per heavy atom. The van der Waals surface area contributed by atoms with Crippen LogP contribution in [-0.4, -0.2) is 57.9 Å². The van der Waals surface area contributed by atoms with E-state index in [1.54, 1.807) is 36.0 Å². The topological polar surface area (TPSA) is 114 Å². The Labute approximate surface area is 240 Å². The molecule has 3 aromatic carbocycles.